The Balaban J connectivity index is 5.03. The highest BCUT2D eigenvalue weighted by Crippen LogP contribution is 2.05. The molecule has 41 nitrogen and oxygen atoms in total. The van der Waals surface area contributed by atoms with Crippen LogP contribution in [0.25, 0.3) is 0 Å². The Kier molecular flexibility index (Phi) is 38.5. The number of rotatable bonds is 40. The molecule has 0 saturated carbocycles. The molecule has 0 unspecified atom stereocenters. The molecular weight excluding hydrogens is 1340 g/mol. The summed E-state index contributed by atoms with van der Waals surface area (Å²) >= 11 is 0. The lowest BCUT2D eigenvalue weighted by Crippen LogP contribution is -2.50. The second-order valence-corrected chi connectivity index (χ2v) is 24.7. The average Bonchev–Trinajstić information content (AvgIpc) is 0.896. The van der Waals surface area contributed by atoms with Gasteiger partial charge in [0.15, 0.2) is 0 Å². The topological polar surface area (TPSA) is 435 Å². The number of nitrogens with zero attached hydrogens (tertiary/aromatic N) is 19. The molecule has 0 saturated heterocycles. The predicted octanol–water partition coefficient (Wildman–Crippen LogP) is -11.0. The van der Waals surface area contributed by atoms with Crippen molar-refractivity contribution in [3.63, 3.8) is 0 Å². The third-order valence-corrected chi connectivity index (χ3v) is 15.5. The van der Waals surface area contributed by atoms with Crippen molar-refractivity contribution in [3.05, 3.63) is 0 Å². The molecule has 0 heterocycles. The molecule has 0 aromatic rings. The summed E-state index contributed by atoms with van der Waals surface area (Å²) in [7, 11) is 26.2. The van der Waals surface area contributed by atoms with Gasteiger partial charge in [-0.1, -0.05) is 0 Å². The van der Waals surface area contributed by atoms with Crippen LogP contribution in [0.1, 0.15) is 0 Å². The van der Waals surface area contributed by atoms with E-state index < -0.39 is 230 Å². The van der Waals surface area contributed by atoms with Crippen molar-refractivity contribution in [2.75, 3.05) is 272 Å². The predicted molar refractivity (Wildman–Crippen MR) is 357 cm³/mol. The van der Waals surface area contributed by atoms with E-state index in [0.717, 1.165) is 88.2 Å². The number of nitrogens with one attached hydrogen (secondary N) is 1. The van der Waals surface area contributed by atoms with E-state index in [1.54, 1.807) is 7.05 Å². The van der Waals surface area contributed by atoms with Crippen molar-refractivity contribution in [1.82, 2.24) is 98.4 Å². The van der Waals surface area contributed by atoms with Crippen LogP contribution in [-0.2, 0) is 95.9 Å². The minimum atomic E-state index is -1.25. The summed E-state index contributed by atoms with van der Waals surface area (Å²) in [6.07, 6.45) is 0. The van der Waals surface area contributed by atoms with Gasteiger partial charge in [0.05, 0.1) is 124 Å². The first-order valence-electron chi connectivity index (χ1n) is 31.0. The van der Waals surface area contributed by atoms with E-state index in [-0.39, 0.29) is 19.0 Å². The fourth-order valence-corrected chi connectivity index (χ4v) is 7.99. The zero-order valence-corrected chi connectivity index (χ0v) is 61.8. The lowest BCUT2D eigenvalue weighted by Gasteiger charge is -2.28. The molecular formula is C60H102N20O21. The summed E-state index contributed by atoms with van der Waals surface area (Å²) in [4.78, 5) is 275. The third kappa shape index (κ3) is 32.7. The van der Waals surface area contributed by atoms with Gasteiger partial charge in [-0.25, -0.2) is 0 Å². The van der Waals surface area contributed by atoms with Crippen LogP contribution in [0.15, 0.2) is 0 Å². The van der Waals surface area contributed by atoms with E-state index in [9.17, 15) is 95.9 Å². The van der Waals surface area contributed by atoms with Crippen LogP contribution >= 0.6 is 0 Å². The number of aliphatic carboxylic acids is 1. The molecule has 0 aliphatic rings. The van der Waals surface area contributed by atoms with E-state index in [2.05, 4.69) is 5.32 Å². The Morgan fingerprint density at radius 1 is 0.168 bits per heavy atom. The van der Waals surface area contributed by atoms with Gasteiger partial charge >= 0.3 is 5.97 Å². The van der Waals surface area contributed by atoms with Gasteiger partial charge in [-0.2, -0.15) is 0 Å². The summed E-state index contributed by atoms with van der Waals surface area (Å²) in [5.74, 6) is -13.6. The monoisotopic (exact) mass is 1440 g/mol. The maximum absolute atomic E-state index is 13.1. The van der Waals surface area contributed by atoms with Crippen molar-refractivity contribution in [3.8, 4) is 0 Å². The maximum Gasteiger partial charge on any atom is 0.323 e. The molecule has 0 aromatic carbocycles. The number of likely N-dealkylation sites (N-methyl/N-ethyl adjacent to an activating group) is 20. The van der Waals surface area contributed by atoms with Crippen LogP contribution in [0.4, 0.5) is 0 Å². The van der Waals surface area contributed by atoms with Gasteiger partial charge in [-0.3, -0.25) is 95.9 Å². The van der Waals surface area contributed by atoms with E-state index in [0.29, 0.717) is 0 Å². The van der Waals surface area contributed by atoms with Gasteiger partial charge in [-0.15, -0.1) is 0 Å². The zero-order chi connectivity index (χ0) is 78.4. The first-order chi connectivity index (χ1) is 46.6. The van der Waals surface area contributed by atoms with Gasteiger partial charge in [-0.05, 0) is 7.05 Å². The minimum absolute atomic E-state index is 0.0153. The highest BCUT2D eigenvalue weighted by molar-refractivity contribution is 5.97. The largest absolute Gasteiger partial charge is 0.480 e. The summed E-state index contributed by atoms with van der Waals surface area (Å²) in [6.45, 7) is -9.39. The summed E-state index contributed by atoms with van der Waals surface area (Å²) in [6, 6.07) is 0. The number of carbonyl (C=O) groups excluding carboxylic acids is 19. The molecule has 0 bridgehead atoms. The fraction of sp³-hybridized carbons (Fsp3) is 0.667. The highest BCUT2D eigenvalue weighted by atomic mass is 16.4. The average molecular weight is 1440 g/mol. The normalized spacial score (nSPS) is 10.5. The standard InChI is InChI=1S/C60H102N20O21/c1-61-21-41(81)62(2)22-42(82)63(3)23-43(83)64(4)24-44(84)65(5)25-45(85)66(6)26-46(86)67(7)27-47(87)68(8)28-48(88)69(9)29-49(89)70(10)30-50(90)71(11)31-51(91)72(12)32-52(92)73(13)33-53(93)74(14)34-54(94)75(15)35-55(95)76(16)36-56(96)77(17)37-57(97)78(18)38-58(98)79(19)39-59(99)80(20)40-60(100)101/h61H,21-40H2,1-20H3,(H,100,101). The highest BCUT2D eigenvalue weighted by Gasteiger charge is 2.30. The van der Waals surface area contributed by atoms with E-state index in [1.165, 1.54) is 139 Å². The Hall–Kier alpha value is -10.6. The fourth-order valence-electron chi connectivity index (χ4n) is 7.99. The number of carboxylic acid groups (broad SMARTS) is 1. The molecule has 41 heteroatoms. The Labute approximate surface area is 587 Å². The molecule has 0 fully saturated rings. The molecule has 0 spiro atoms. The van der Waals surface area contributed by atoms with Crippen LogP contribution in [0.5, 0.6) is 0 Å². The second-order valence-electron chi connectivity index (χ2n) is 24.7. The van der Waals surface area contributed by atoms with Crippen LogP contribution in [0, 0.1) is 0 Å². The van der Waals surface area contributed by atoms with Crippen molar-refractivity contribution in [1.29, 1.82) is 0 Å². The molecule has 568 valence electrons. The zero-order valence-electron chi connectivity index (χ0n) is 61.8. The van der Waals surface area contributed by atoms with Crippen LogP contribution in [-0.4, -0.2) is 488 Å². The SMILES string of the molecule is CNCC(=O)N(C)CC(=O)N(C)CC(=O)N(C)CC(=O)N(C)CC(=O)N(C)CC(=O)N(C)CC(=O)N(C)CC(=O)N(C)CC(=O)N(C)CC(=O)N(C)CC(=O)N(C)CC(=O)N(C)CC(=O)N(C)CC(=O)N(C)CC(=O)N(C)CC(=O)N(C)CC(=O)N(C)CC(=O)N(C)CC(=O)N(C)CC(=O)O. The Morgan fingerprint density at radius 3 is 0.327 bits per heavy atom. The van der Waals surface area contributed by atoms with E-state index >= 15 is 0 Å². The molecule has 0 atom stereocenters. The smallest absolute Gasteiger partial charge is 0.323 e. The summed E-state index contributed by atoms with van der Waals surface area (Å²) in [5, 5.41) is 11.6. The maximum atomic E-state index is 13.1. The number of amides is 19. The van der Waals surface area contributed by atoms with Crippen molar-refractivity contribution in [2.45, 2.75) is 0 Å². The van der Waals surface area contributed by atoms with Gasteiger partial charge in [0.1, 0.15) is 6.54 Å². The molecule has 101 heavy (non-hydrogen) atoms. The summed E-state index contributed by atoms with van der Waals surface area (Å²) in [5.41, 5.74) is 0. The lowest BCUT2D eigenvalue weighted by atomic mass is 10.3. The van der Waals surface area contributed by atoms with Crippen LogP contribution in [0.2, 0.25) is 0 Å². The quantitative estimate of drug-likeness (QED) is 0.0575. The lowest BCUT2D eigenvalue weighted by molar-refractivity contribution is -0.147. The molecule has 0 radical (unpaired) electrons. The summed E-state index contributed by atoms with van der Waals surface area (Å²) < 4.78 is 0. The van der Waals surface area contributed by atoms with Crippen LogP contribution < -0.4 is 5.32 Å². The van der Waals surface area contributed by atoms with Gasteiger partial charge in [0.2, 0.25) is 112 Å². The molecule has 19 amide bonds. The first-order valence-corrected chi connectivity index (χ1v) is 31.0. The van der Waals surface area contributed by atoms with E-state index in [4.69, 9.17) is 5.11 Å². The van der Waals surface area contributed by atoms with Gasteiger partial charge in [0.25, 0.3) is 0 Å². The Morgan fingerprint density at radius 2 is 0.248 bits per heavy atom. The molecule has 0 aliphatic heterocycles. The number of carbonyl (C=O) groups is 20. The number of hydrogen-bond acceptors (Lipinski definition) is 21. The number of carboxylic acids is 1. The van der Waals surface area contributed by atoms with Crippen LogP contribution in [0.3, 0.4) is 0 Å². The van der Waals surface area contributed by atoms with Crippen molar-refractivity contribution in [2.24, 2.45) is 0 Å². The van der Waals surface area contributed by atoms with Gasteiger partial charge < -0.3 is 104 Å². The first kappa shape index (κ1) is 90.4. The van der Waals surface area contributed by atoms with Gasteiger partial charge in [0, 0.05) is 134 Å². The molecule has 0 aliphatic carbocycles. The Bertz CT molecular complexity index is 3080. The molecule has 0 aromatic heterocycles. The third-order valence-electron chi connectivity index (χ3n) is 15.5. The number of hydrogen-bond donors (Lipinski definition) is 2. The second kappa shape index (κ2) is 43.0. The van der Waals surface area contributed by atoms with E-state index in [1.807, 2.05) is 0 Å². The molecule has 2 N–H and O–H groups in total. The minimum Gasteiger partial charge on any atom is -0.480 e. The molecule has 0 rings (SSSR count). The van der Waals surface area contributed by atoms with Crippen molar-refractivity contribution < 1.29 is 101 Å². The van der Waals surface area contributed by atoms with Crippen molar-refractivity contribution >= 4 is 118 Å².